The Hall–Kier alpha value is -2.69. The van der Waals surface area contributed by atoms with Crippen LogP contribution in [-0.4, -0.2) is 22.6 Å². The van der Waals surface area contributed by atoms with Gasteiger partial charge in [-0.25, -0.2) is 4.98 Å². The Kier molecular flexibility index (Phi) is 4.14. The summed E-state index contributed by atoms with van der Waals surface area (Å²) in [6, 6.07) is 11.3. The molecule has 0 atom stereocenters. The molecule has 3 aromatic rings. The lowest BCUT2D eigenvalue weighted by atomic mass is 10.3. The van der Waals surface area contributed by atoms with Gasteiger partial charge in [-0.1, -0.05) is 6.07 Å². The van der Waals surface area contributed by atoms with Gasteiger partial charge in [0.05, 0.1) is 18.9 Å². The fourth-order valence-electron chi connectivity index (χ4n) is 2.26. The summed E-state index contributed by atoms with van der Waals surface area (Å²) in [6.45, 7) is 3.13. The van der Waals surface area contributed by atoms with Crippen LogP contribution in [0.4, 0.5) is 5.69 Å². The number of anilines is 1. The zero-order valence-corrected chi connectivity index (χ0v) is 12.5. The summed E-state index contributed by atoms with van der Waals surface area (Å²) in [7, 11) is 0. The molecule has 0 bridgehead atoms. The summed E-state index contributed by atoms with van der Waals surface area (Å²) in [5.41, 5.74) is 8.23. The third kappa shape index (κ3) is 3.31. The first-order chi connectivity index (χ1) is 10.7. The lowest BCUT2D eigenvalue weighted by molar-refractivity contribution is 0.248. The van der Waals surface area contributed by atoms with Gasteiger partial charge < -0.3 is 19.6 Å². The Morgan fingerprint density at radius 2 is 2.00 bits per heavy atom. The van der Waals surface area contributed by atoms with Gasteiger partial charge in [-0.3, -0.25) is 0 Å². The van der Waals surface area contributed by atoms with E-state index in [1.807, 2.05) is 60.1 Å². The van der Waals surface area contributed by atoms with Gasteiger partial charge in [0.25, 0.3) is 0 Å². The molecule has 0 spiro atoms. The van der Waals surface area contributed by atoms with Gasteiger partial charge in [-0.15, -0.1) is 0 Å². The van der Waals surface area contributed by atoms with E-state index >= 15 is 0 Å². The molecular weight excluding hydrogens is 278 g/mol. The summed E-state index contributed by atoms with van der Waals surface area (Å²) in [5.74, 6) is 1.57. The largest absolute Gasteiger partial charge is 0.493 e. The smallest absolute Gasteiger partial charge is 0.179 e. The number of aromatic nitrogens is 2. The predicted octanol–water partition coefficient (Wildman–Crippen LogP) is 3.07. The number of nitrogen functional groups attached to an aromatic ring is 1. The van der Waals surface area contributed by atoms with Gasteiger partial charge in [0.15, 0.2) is 11.4 Å². The molecular formula is C17H19N3O2. The van der Waals surface area contributed by atoms with Crippen molar-refractivity contribution in [3.8, 4) is 11.5 Å². The van der Waals surface area contributed by atoms with Crippen molar-refractivity contribution >= 4 is 11.3 Å². The minimum atomic E-state index is 0.577. The number of pyridine rings is 1. The zero-order chi connectivity index (χ0) is 15.4. The van der Waals surface area contributed by atoms with Gasteiger partial charge in [0, 0.05) is 30.6 Å². The van der Waals surface area contributed by atoms with E-state index in [0.29, 0.717) is 18.9 Å². The van der Waals surface area contributed by atoms with Crippen molar-refractivity contribution < 1.29 is 9.47 Å². The third-order valence-corrected chi connectivity index (χ3v) is 3.24. The summed E-state index contributed by atoms with van der Waals surface area (Å²) >= 11 is 0. The number of ether oxygens (including phenoxy) is 2. The molecule has 5 heteroatoms. The first-order valence-electron chi connectivity index (χ1n) is 7.28. The van der Waals surface area contributed by atoms with Gasteiger partial charge in [-0.2, -0.15) is 0 Å². The average Bonchev–Trinajstić information content (AvgIpc) is 2.88. The Morgan fingerprint density at radius 1 is 1.14 bits per heavy atom. The number of hydrogen-bond donors (Lipinski definition) is 1. The van der Waals surface area contributed by atoms with Crippen LogP contribution in [0.15, 0.2) is 48.8 Å². The normalized spacial score (nSPS) is 10.8. The van der Waals surface area contributed by atoms with Gasteiger partial charge in [0.1, 0.15) is 5.75 Å². The van der Waals surface area contributed by atoms with E-state index in [1.165, 1.54) is 0 Å². The van der Waals surface area contributed by atoms with Gasteiger partial charge in [-0.05, 0) is 31.2 Å². The number of rotatable bonds is 6. The molecule has 0 aliphatic carbocycles. The number of imidazole rings is 1. The van der Waals surface area contributed by atoms with Crippen LogP contribution in [-0.2, 0) is 0 Å². The molecule has 2 heterocycles. The summed E-state index contributed by atoms with van der Waals surface area (Å²) < 4.78 is 13.4. The minimum absolute atomic E-state index is 0.577. The second-order valence-electron chi connectivity index (χ2n) is 5.11. The fraction of sp³-hybridized carbons (Fsp3) is 0.235. The van der Waals surface area contributed by atoms with Crippen LogP contribution in [0, 0.1) is 6.92 Å². The molecule has 2 aromatic heterocycles. The van der Waals surface area contributed by atoms with Crippen molar-refractivity contribution in [3.63, 3.8) is 0 Å². The van der Waals surface area contributed by atoms with E-state index < -0.39 is 0 Å². The standard InChI is InChI=1S/C17H19N3O2/c1-13-12-20-8-3-7-16(17(20)19-13)22-10-4-9-21-15-6-2-5-14(18)11-15/h2-3,5-8,11-12H,4,9-10,18H2,1H3. The van der Waals surface area contributed by atoms with Crippen molar-refractivity contribution in [2.75, 3.05) is 18.9 Å². The number of nitrogens with zero attached hydrogens (tertiary/aromatic N) is 2. The lowest BCUT2D eigenvalue weighted by Crippen LogP contribution is -2.05. The van der Waals surface area contributed by atoms with Gasteiger partial charge in [0.2, 0.25) is 0 Å². The van der Waals surface area contributed by atoms with Crippen LogP contribution in [0.5, 0.6) is 11.5 Å². The topological polar surface area (TPSA) is 61.8 Å². The fourth-order valence-corrected chi connectivity index (χ4v) is 2.26. The Balaban J connectivity index is 1.50. The molecule has 5 nitrogen and oxygen atoms in total. The highest BCUT2D eigenvalue weighted by Crippen LogP contribution is 2.19. The molecule has 1 aromatic carbocycles. The summed E-state index contributed by atoms with van der Waals surface area (Å²) in [6.07, 6.45) is 4.73. The molecule has 0 aliphatic heterocycles. The maximum absolute atomic E-state index is 5.81. The van der Waals surface area contributed by atoms with E-state index in [-0.39, 0.29) is 0 Å². The molecule has 0 fully saturated rings. The van der Waals surface area contributed by atoms with Crippen molar-refractivity contribution in [2.24, 2.45) is 0 Å². The van der Waals surface area contributed by atoms with E-state index in [1.54, 1.807) is 0 Å². The molecule has 22 heavy (non-hydrogen) atoms. The number of fused-ring (bicyclic) bond motifs is 1. The van der Waals surface area contributed by atoms with Crippen LogP contribution in [0.3, 0.4) is 0 Å². The summed E-state index contributed by atoms with van der Waals surface area (Å²) in [5, 5.41) is 0. The van der Waals surface area contributed by atoms with E-state index in [0.717, 1.165) is 29.3 Å². The first kappa shape index (κ1) is 14.3. The maximum Gasteiger partial charge on any atom is 0.179 e. The van der Waals surface area contributed by atoms with Crippen molar-refractivity contribution in [1.82, 2.24) is 9.38 Å². The molecule has 0 radical (unpaired) electrons. The maximum atomic E-state index is 5.81. The molecule has 3 rings (SSSR count). The Morgan fingerprint density at radius 3 is 2.86 bits per heavy atom. The third-order valence-electron chi connectivity index (χ3n) is 3.24. The van der Waals surface area contributed by atoms with Crippen molar-refractivity contribution in [1.29, 1.82) is 0 Å². The van der Waals surface area contributed by atoms with E-state index in [2.05, 4.69) is 4.98 Å². The lowest BCUT2D eigenvalue weighted by Gasteiger charge is -2.09. The summed E-state index contributed by atoms with van der Waals surface area (Å²) in [4.78, 5) is 4.46. The van der Waals surface area contributed by atoms with Crippen LogP contribution < -0.4 is 15.2 Å². The Labute approximate surface area is 129 Å². The van der Waals surface area contributed by atoms with E-state index in [9.17, 15) is 0 Å². The predicted molar refractivity (Wildman–Crippen MR) is 86.4 cm³/mol. The molecule has 2 N–H and O–H groups in total. The van der Waals surface area contributed by atoms with Crippen molar-refractivity contribution in [2.45, 2.75) is 13.3 Å². The van der Waals surface area contributed by atoms with Crippen LogP contribution in [0.25, 0.3) is 5.65 Å². The zero-order valence-electron chi connectivity index (χ0n) is 12.5. The minimum Gasteiger partial charge on any atom is -0.493 e. The van der Waals surface area contributed by atoms with Crippen LogP contribution >= 0.6 is 0 Å². The number of hydrogen-bond acceptors (Lipinski definition) is 4. The Bertz CT molecular complexity index is 767. The second-order valence-corrected chi connectivity index (χ2v) is 5.11. The molecule has 0 amide bonds. The van der Waals surface area contributed by atoms with E-state index in [4.69, 9.17) is 15.2 Å². The molecule has 0 saturated heterocycles. The number of nitrogens with two attached hydrogens (primary N) is 1. The molecule has 0 aliphatic rings. The van der Waals surface area contributed by atoms with Crippen molar-refractivity contribution in [3.05, 3.63) is 54.5 Å². The quantitative estimate of drug-likeness (QED) is 0.561. The molecule has 0 saturated carbocycles. The number of aryl methyl sites for hydroxylation is 1. The monoisotopic (exact) mass is 297 g/mol. The highest BCUT2D eigenvalue weighted by Gasteiger charge is 2.05. The average molecular weight is 297 g/mol. The highest BCUT2D eigenvalue weighted by molar-refractivity contribution is 5.54. The number of benzene rings is 1. The molecule has 114 valence electrons. The first-order valence-corrected chi connectivity index (χ1v) is 7.28. The highest BCUT2D eigenvalue weighted by atomic mass is 16.5. The van der Waals surface area contributed by atoms with Crippen LogP contribution in [0.2, 0.25) is 0 Å². The molecule has 0 unspecified atom stereocenters. The van der Waals surface area contributed by atoms with Crippen LogP contribution in [0.1, 0.15) is 12.1 Å². The second kappa shape index (κ2) is 6.39. The van der Waals surface area contributed by atoms with Gasteiger partial charge >= 0.3 is 0 Å². The SMILES string of the molecule is Cc1cn2cccc(OCCCOc3cccc(N)c3)c2n1.